The molecule has 4 heteroatoms. The van der Waals surface area contributed by atoms with Crippen LogP contribution in [0.2, 0.25) is 0 Å². The molecule has 0 radical (unpaired) electrons. The molecule has 0 spiro atoms. The number of oxime groups is 1. The fourth-order valence-corrected chi connectivity index (χ4v) is 1.11. The molecule has 0 saturated carbocycles. The first-order chi connectivity index (χ1) is 6.16. The second-order valence-corrected chi connectivity index (χ2v) is 3.02. The molecule has 0 saturated heterocycles. The average molecular weight is 182 g/mol. The lowest BCUT2D eigenvalue weighted by atomic mass is 10.0. The number of pyridine rings is 1. The Bertz CT molecular complexity index is 323. The Hall–Kier alpha value is -1.45. The van der Waals surface area contributed by atoms with Crippen LogP contribution in [0.15, 0.2) is 17.5 Å². The van der Waals surface area contributed by atoms with Crippen molar-refractivity contribution in [2.24, 2.45) is 5.16 Å². The molecule has 1 heterocycles. The van der Waals surface area contributed by atoms with E-state index in [0.717, 1.165) is 18.0 Å². The maximum Gasteiger partial charge on any atom is 0.150 e. The van der Waals surface area contributed by atoms with Crippen molar-refractivity contribution >= 4 is 6.21 Å². The molecule has 0 bridgehead atoms. The maximum absolute atomic E-state index is 13.1. The van der Waals surface area contributed by atoms with Crippen LogP contribution in [0.1, 0.15) is 30.9 Å². The summed E-state index contributed by atoms with van der Waals surface area (Å²) in [7, 11) is 0. The highest BCUT2D eigenvalue weighted by atomic mass is 19.1. The van der Waals surface area contributed by atoms with E-state index < -0.39 is 5.82 Å². The Morgan fingerprint density at radius 1 is 1.54 bits per heavy atom. The van der Waals surface area contributed by atoms with Crippen LogP contribution in [0.4, 0.5) is 4.39 Å². The van der Waals surface area contributed by atoms with E-state index in [1.165, 1.54) is 0 Å². The molecule has 3 nitrogen and oxygen atoms in total. The molecule has 0 amide bonds. The van der Waals surface area contributed by atoms with Crippen LogP contribution >= 0.6 is 0 Å². The largest absolute Gasteiger partial charge is 0.411 e. The number of hydrogen-bond donors (Lipinski definition) is 1. The number of nitrogens with zero attached hydrogens (tertiary/aromatic N) is 2. The summed E-state index contributed by atoms with van der Waals surface area (Å²) in [4.78, 5) is 3.73. The zero-order chi connectivity index (χ0) is 9.84. The van der Waals surface area contributed by atoms with Crippen molar-refractivity contribution in [1.82, 2.24) is 4.98 Å². The van der Waals surface area contributed by atoms with Gasteiger partial charge in [0.15, 0.2) is 5.82 Å². The summed E-state index contributed by atoms with van der Waals surface area (Å²) in [6.45, 7) is 3.84. The number of rotatable bonds is 2. The Kier molecular flexibility index (Phi) is 2.95. The smallest absolute Gasteiger partial charge is 0.150 e. The predicted molar refractivity (Wildman–Crippen MR) is 47.7 cm³/mol. The van der Waals surface area contributed by atoms with E-state index in [1.54, 1.807) is 6.20 Å². The second kappa shape index (κ2) is 3.98. The van der Waals surface area contributed by atoms with Crippen molar-refractivity contribution in [3.8, 4) is 0 Å². The molecule has 0 aliphatic carbocycles. The van der Waals surface area contributed by atoms with Gasteiger partial charge in [-0.15, -0.1) is 0 Å². The van der Waals surface area contributed by atoms with Crippen LogP contribution in [0.3, 0.4) is 0 Å². The van der Waals surface area contributed by atoms with Crippen molar-refractivity contribution < 1.29 is 9.60 Å². The first-order valence-electron chi connectivity index (χ1n) is 3.97. The van der Waals surface area contributed by atoms with Crippen LogP contribution in [0.5, 0.6) is 0 Å². The number of aromatic nitrogens is 1. The van der Waals surface area contributed by atoms with Crippen LogP contribution in [0.25, 0.3) is 0 Å². The van der Waals surface area contributed by atoms with Crippen LogP contribution < -0.4 is 0 Å². The molecule has 0 unspecified atom stereocenters. The van der Waals surface area contributed by atoms with E-state index in [4.69, 9.17) is 5.21 Å². The standard InChI is InChI=1S/C9H11FN2O/c1-6(2)7-3-11-5-9(10)8(7)4-12-13/h3-6,13H,1-2H3. The summed E-state index contributed by atoms with van der Waals surface area (Å²) in [5.41, 5.74) is 1.03. The van der Waals surface area contributed by atoms with E-state index in [2.05, 4.69) is 10.1 Å². The monoisotopic (exact) mass is 182 g/mol. The van der Waals surface area contributed by atoms with E-state index in [9.17, 15) is 4.39 Å². The minimum Gasteiger partial charge on any atom is -0.411 e. The lowest BCUT2D eigenvalue weighted by molar-refractivity contribution is 0.321. The van der Waals surface area contributed by atoms with Crippen molar-refractivity contribution in [1.29, 1.82) is 0 Å². The van der Waals surface area contributed by atoms with Crippen molar-refractivity contribution in [2.45, 2.75) is 19.8 Å². The quantitative estimate of drug-likeness (QED) is 0.432. The van der Waals surface area contributed by atoms with Gasteiger partial charge >= 0.3 is 0 Å². The Morgan fingerprint density at radius 3 is 2.77 bits per heavy atom. The minimum absolute atomic E-state index is 0.149. The zero-order valence-corrected chi connectivity index (χ0v) is 7.53. The normalized spacial score (nSPS) is 11.4. The van der Waals surface area contributed by atoms with Gasteiger partial charge in [-0.3, -0.25) is 4.98 Å². The highest BCUT2D eigenvalue weighted by Gasteiger charge is 2.09. The minimum atomic E-state index is -0.469. The highest BCUT2D eigenvalue weighted by Crippen LogP contribution is 2.18. The van der Waals surface area contributed by atoms with Crippen LogP contribution in [-0.4, -0.2) is 16.4 Å². The molecule has 13 heavy (non-hydrogen) atoms. The molecule has 1 aromatic rings. The van der Waals surface area contributed by atoms with Gasteiger partial charge in [-0.25, -0.2) is 4.39 Å². The topological polar surface area (TPSA) is 45.5 Å². The summed E-state index contributed by atoms with van der Waals surface area (Å²) in [5.74, 6) is -0.319. The Morgan fingerprint density at radius 2 is 2.23 bits per heavy atom. The first kappa shape index (κ1) is 9.64. The van der Waals surface area contributed by atoms with Crippen LogP contribution in [-0.2, 0) is 0 Å². The highest BCUT2D eigenvalue weighted by molar-refractivity contribution is 5.81. The van der Waals surface area contributed by atoms with E-state index in [0.29, 0.717) is 5.56 Å². The Labute approximate surface area is 75.9 Å². The first-order valence-corrected chi connectivity index (χ1v) is 3.97. The molecule has 1 aromatic heterocycles. The number of halogens is 1. The van der Waals surface area contributed by atoms with Crippen molar-refractivity contribution in [3.63, 3.8) is 0 Å². The zero-order valence-electron chi connectivity index (χ0n) is 7.53. The molecular weight excluding hydrogens is 171 g/mol. The fraction of sp³-hybridized carbons (Fsp3) is 0.333. The molecule has 1 rings (SSSR count). The third-order valence-electron chi connectivity index (χ3n) is 1.78. The maximum atomic E-state index is 13.1. The van der Waals surface area contributed by atoms with E-state index >= 15 is 0 Å². The summed E-state index contributed by atoms with van der Waals surface area (Å²) >= 11 is 0. The SMILES string of the molecule is CC(C)c1cncc(F)c1C=NO. The van der Waals surface area contributed by atoms with Gasteiger partial charge in [0.25, 0.3) is 0 Å². The van der Waals surface area contributed by atoms with Gasteiger partial charge in [0.1, 0.15) is 0 Å². The summed E-state index contributed by atoms with van der Waals surface area (Å²) in [5, 5.41) is 11.1. The third-order valence-corrected chi connectivity index (χ3v) is 1.78. The van der Waals surface area contributed by atoms with Gasteiger partial charge in [-0.2, -0.15) is 0 Å². The molecule has 0 atom stereocenters. The lowest BCUT2D eigenvalue weighted by Gasteiger charge is -2.08. The molecule has 0 aliphatic heterocycles. The molecule has 1 N–H and O–H groups in total. The molecule has 0 fully saturated rings. The molecule has 70 valence electrons. The summed E-state index contributed by atoms with van der Waals surface area (Å²) < 4.78 is 13.1. The van der Waals surface area contributed by atoms with Gasteiger partial charge in [0.2, 0.25) is 0 Å². The van der Waals surface area contributed by atoms with E-state index in [1.807, 2.05) is 13.8 Å². The third kappa shape index (κ3) is 2.02. The summed E-state index contributed by atoms with van der Waals surface area (Å²) in [6, 6.07) is 0. The van der Waals surface area contributed by atoms with Crippen molar-refractivity contribution in [2.75, 3.05) is 0 Å². The lowest BCUT2D eigenvalue weighted by Crippen LogP contribution is -2.00. The predicted octanol–water partition coefficient (Wildman–Crippen LogP) is 2.15. The number of hydrogen-bond acceptors (Lipinski definition) is 3. The van der Waals surface area contributed by atoms with E-state index in [-0.39, 0.29) is 5.92 Å². The van der Waals surface area contributed by atoms with Crippen molar-refractivity contribution in [3.05, 3.63) is 29.3 Å². The van der Waals surface area contributed by atoms with Gasteiger partial charge < -0.3 is 5.21 Å². The molecule has 0 aliphatic rings. The van der Waals surface area contributed by atoms with Gasteiger partial charge in [-0.1, -0.05) is 19.0 Å². The van der Waals surface area contributed by atoms with Gasteiger partial charge in [0.05, 0.1) is 12.4 Å². The fourth-order valence-electron chi connectivity index (χ4n) is 1.11. The molecular formula is C9H11FN2O. The van der Waals surface area contributed by atoms with Gasteiger partial charge in [-0.05, 0) is 11.5 Å². The summed E-state index contributed by atoms with van der Waals surface area (Å²) in [6.07, 6.45) is 3.76. The van der Waals surface area contributed by atoms with Crippen LogP contribution in [0, 0.1) is 5.82 Å². The second-order valence-electron chi connectivity index (χ2n) is 3.02. The molecule has 0 aromatic carbocycles. The average Bonchev–Trinajstić information content (AvgIpc) is 2.08. The Balaban J connectivity index is 3.25. The van der Waals surface area contributed by atoms with Gasteiger partial charge in [0, 0.05) is 11.8 Å².